The van der Waals surface area contributed by atoms with Crippen molar-refractivity contribution in [3.63, 3.8) is 0 Å². The van der Waals surface area contributed by atoms with Crippen LogP contribution in [0, 0.1) is 5.92 Å². The van der Waals surface area contributed by atoms with Gasteiger partial charge in [-0.25, -0.2) is 4.99 Å². The van der Waals surface area contributed by atoms with Gasteiger partial charge in [-0.3, -0.25) is 4.79 Å². The van der Waals surface area contributed by atoms with Crippen LogP contribution < -0.4 is 15.5 Å². The van der Waals surface area contributed by atoms with Crippen molar-refractivity contribution < 1.29 is 9.53 Å². The maximum atomic E-state index is 12.6. The first kappa shape index (κ1) is 21.4. The molecule has 0 aromatic heterocycles. The topological polar surface area (TPSA) is 69.2 Å². The molecule has 0 atom stereocenters. The SMILES string of the molecule is CCNC(=NCC(=O)N1CCN(c2ccccc2)CC1)NCCCOCC1CC1. The largest absolute Gasteiger partial charge is 0.381 e. The summed E-state index contributed by atoms with van der Waals surface area (Å²) in [6, 6.07) is 10.4. The summed E-state index contributed by atoms with van der Waals surface area (Å²) >= 11 is 0. The Morgan fingerprint density at radius 2 is 1.90 bits per heavy atom. The van der Waals surface area contributed by atoms with Gasteiger partial charge in [-0.2, -0.15) is 0 Å². The molecule has 1 aliphatic heterocycles. The minimum absolute atomic E-state index is 0.0858. The average molecular weight is 402 g/mol. The van der Waals surface area contributed by atoms with Gasteiger partial charge in [0.05, 0.1) is 0 Å². The lowest BCUT2D eigenvalue weighted by atomic mass is 10.2. The van der Waals surface area contributed by atoms with Crippen molar-refractivity contribution in [2.75, 3.05) is 63.9 Å². The van der Waals surface area contributed by atoms with E-state index < -0.39 is 0 Å². The van der Waals surface area contributed by atoms with Crippen LogP contribution in [0.1, 0.15) is 26.2 Å². The fourth-order valence-corrected chi connectivity index (χ4v) is 3.36. The van der Waals surface area contributed by atoms with Gasteiger partial charge >= 0.3 is 0 Å². The van der Waals surface area contributed by atoms with E-state index in [1.165, 1.54) is 18.5 Å². The summed E-state index contributed by atoms with van der Waals surface area (Å²) in [7, 11) is 0. The van der Waals surface area contributed by atoms with E-state index in [4.69, 9.17) is 4.74 Å². The maximum Gasteiger partial charge on any atom is 0.244 e. The van der Waals surface area contributed by atoms with Gasteiger partial charge in [-0.1, -0.05) is 18.2 Å². The van der Waals surface area contributed by atoms with E-state index >= 15 is 0 Å². The number of ether oxygens (including phenoxy) is 1. The zero-order chi connectivity index (χ0) is 20.3. The highest BCUT2D eigenvalue weighted by molar-refractivity contribution is 5.85. The number of anilines is 1. The second kappa shape index (κ2) is 11.7. The molecule has 7 heteroatoms. The fraction of sp³-hybridized carbons (Fsp3) is 0.636. The number of hydrogen-bond acceptors (Lipinski definition) is 4. The number of guanidine groups is 1. The van der Waals surface area contributed by atoms with Crippen LogP contribution in [0.2, 0.25) is 0 Å². The first-order valence-electron chi connectivity index (χ1n) is 10.9. The Hall–Kier alpha value is -2.28. The molecule has 1 aromatic rings. The molecule has 1 aliphatic carbocycles. The molecular formula is C22H35N5O2. The van der Waals surface area contributed by atoms with Gasteiger partial charge in [0, 0.05) is 58.2 Å². The molecule has 1 heterocycles. The third-order valence-corrected chi connectivity index (χ3v) is 5.28. The van der Waals surface area contributed by atoms with E-state index in [1.54, 1.807) is 0 Å². The number of benzene rings is 1. The fourth-order valence-electron chi connectivity index (χ4n) is 3.36. The van der Waals surface area contributed by atoms with Crippen molar-refractivity contribution in [2.24, 2.45) is 10.9 Å². The predicted molar refractivity (Wildman–Crippen MR) is 117 cm³/mol. The highest BCUT2D eigenvalue weighted by atomic mass is 16.5. The van der Waals surface area contributed by atoms with Crippen LogP contribution in [0.3, 0.4) is 0 Å². The zero-order valence-electron chi connectivity index (χ0n) is 17.6. The maximum absolute atomic E-state index is 12.6. The highest BCUT2D eigenvalue weighted by Gasteiger charge is 2.21. The minimum atomic E-state index is 0.0858. The Balaban J connectivity index is 1.35. The molecule has 0 bridgehead atoms. The van der Waals surface area contributed by atoms with Gasteiger partial charge in [0.2, 0.25) is 5.91 Å². The Labute approximate surface area is 174 Å². The summed E-state index contributed by atoms with van der Waals surface area (Å²) < 4.78 is 5.65. The lowest BCUT2D eigenvalue weighted by molar-refractivity contribution is -0.129. The number of nitrogens with zero attached hydrogens (tertiary/aromatic N) is 3. The molecule has 1 saturated heterocycles. The zero-order valence-corrected chi connectivity index (χ0v) is 17.6. The molecule has 7 nitrogen and oxygen atoms in total. The molecule has 2 fully saturated rings. The molecule has 1 saturated carbocycles. The van der Waals surface area contributed by atoms with E-state index in [1.807, 2.05) is 17.9 Å². The lowest BCUT2D eigenvalue weighted by Gasteiger charge is -2.36. The van der Waals surface area contributed by atoms with Crippen molar-refractivity contribution >= 4 is 17.6 Å². The standard InChI is InChI=1S/C22H35N5O2/c1-2-23-22(24-11-6-16-29-18-19-9-10-19)25-17-21(28)27-14-12-26(13-15-27)20-7-4-3-5-8-20/h3-5,7-8,19H,2,6,9-18H2,1H3,(H2,23,24,25). The van der Waals surface area contributed by atoms with Crippen LogP contribution in [0.25, 0.3) is 0 Å². The normalized spacial score (nSPS) is 17.3. The Bertz CT molecular complexity index is 640. The third-order valence-electron chi connectivity index (χ3n) is 5.28. The molecule has 0 unspecified atom stereocenters. The monoisotopic (exact) mass is 401 g/mol. The number of piperazine rings is 1. The van der Waals surface area contributed by atoms with Crippen molar-refractivity contribution in [1.82, 2.24) is 15.5 Å². The van der Waals surface area contributed by atoms with Gasteiger partial charge in [-0.05, 0) is 44.2 Å². The Kier molecular flexibility index (Phi) is 8.61. The van der Waals surface area contributed by atoms with Crippen LogP contribution in [0.4, 0.5) is 5.69 Å². The number of para-hydroxylation sites is 1. The predicted octanol–water partition coefficient (Wildman–Crippen LogP) is 1.71. The Morgan fingerprint density at radius 3 is 2.59 bits per heavy atom. The van der Waals surface area contributed by atoms with Gasteiger partial charge in [0.1, 0.15) is 6.54 Å². The number of amides is 1. The third kappa shape index (κ3) is 7.57. The first-order chi connectivity index (χ1) is 14.3. The lowest BCUT2D eigenvalue weighted by Crippen LogP contribution is -2.49. The van der Waals surface area contributed by atoms with Crippen LogP contribution >= 0.6 is 0 Å². The number of nitrogens with one attached hydrogen (secondary N) is 2. The second-order valence-electron chi connectivity index (χ2n) is 7.70. The highest BCUT2D eigenvalue weighted by Crippen LogP contribution is 2.28. The van der Waals surface area contributed by atoms with Gasteiger partial charge in [0.15, 0.2) is 5.96 Å². The quantitative estimate of drug-likeness (QED) is 0.355. The molecule has 3 rings (SSSR count). The Morgan fingerprint density at radius 1 is 1.14 bits per heavy atom. The number of aliphatic imine (C=N–C) groups is 1. The van der Waals surface area contributed by atoms with E-state index in [-0.39, 0.29) is 12.5 Å². The van der Waals surface area contributed by atoms with E-state index in [2.05, 4.69) is 44.8 Å². The summed E-state index contributed by atoms with van der Waals surface area (Å²) in [5.74, 6) is 1.59. The van der Waals surface area contributed by atoms with Crippen LogP contribution in [-0.2, 0) is 9.53 Å². The van der Waals surface area contributed by atoms with E-state index in [9.17, 15) is 4.79 Å². The van der Waals surface area contributed by atoms with Crippen LogP contribution in [0.15, 0.2) is 35.3 Å². The summed E-state index contributed by atoms with van der Waals surface area (Å²) in [5.41, 5.74) is 1.22. The van der Waals surface area contributed by atoms with Crippen LogP contribution in [-0.4, -0.2) is 75.8 Å². The molecule has 1 amide bonds. The summed E-state index contributed by atoms with van der Waals surface area (Å²) in [4.78, 5) is 21.3. The molecule has 0 radical (unpaired) electrons. The summed E-state index contributed by atoms with van der Waals surface area (Å²) in [5, 5.41) is 6.50. The smallest absolute Gasteiger partial charge is 0.244 e. The number of carbonyl (C=O) groups is 1. The molecule has 1 aromatic carbocycles. The van der Waals surface area contributed by atoms with Gasteiger partial charge in [-0.15, -0.1) is 0 Å². The van der Waals surface area contributed by atoms with E-state index in [0.29, 0.717) is 5.96 Å². The average Bonchev–Trinajstić information content (AvgIpc) is 3.59. The number of carbonyl (C=O) groups excluding carboxylic acids is 1. The second-order valence-corrected chi connectivity index (χ2v) is 7.70. The van der Waals surface area contributed by atoms with Crippen molar-refractivity contribution in [2.45, 2.75) is 26.2 Å². The van der Waals surface area contributed by atoms with Crippen molar-refractivity contribution in [3.8, 4) is 0 Å². The number of hydrogen-bond donors (Lipinski definition) is 2. The molecule has 29 heavy (non-hydrogen) atoms. The van der Waals surface area contributed by atoms with E-state index in [0.717, 1.165) is 64.8 Å². The molecule has 160 valence electrons. The molecule has 0 spiro atoms. The molecule has 2 N–H and O–H groups in total. The summed E-state index contributed by atoms with van der Waals surface area (Å²) in [6.45, 7) is 8.65. The molecular weight excluding hydrogens is 366 g/mol. The van der Waals surface area contributed by atoms with Crippen molar-refractivity contribution in [3.05, 3.63) is 30.3 Å². The van der Waals surface area contributed by atoms with Gasteiger partial charge < -0.3 is 25.2 Å². The van der Waals surface area contributed by atoms with Gasteiger partial charge in [0.25, 0.3) is 0 Å². The first-order valence-corrected chi connectivity index (χ1v) is 10.9. The minimum Gasteiger partial charge on any atom is -0.381 e. The van der Waals surface area contributed by atoms with Crippen molar-refractivity contribution in [1.29, 1.82) is 0 Å². The van der Waals surface area contributed by atoms with Crippen LogP contribution in [0.5, 0.6) is 0 Å². The molecule has 2 aliphatic rings. The number of rotatable bonds is 10. The summed E-state index contributed by atoms with van der Waals surface area (Å²) in [6.07, 6.45) is 3.59.